The van der Waals surface area contributed by atoms with Crippen LogP contribution in [0.2, 0.25) is 0 Å². The van der Waals surface area contributed by atoms with Crippen LogP contribution in [0.1, 0.15) is 11.1 Å². The number of fused-ring (bicyclic) bond motifs is 3. The van der Waals surface area contributed by atoms with Crippen LogP contribution in [-0.4, -0.2) is 18.7 Å². The SMILES string of the molecule is O=c1c2ccccc2n2c(=O)n(Cc3cccc(F)c3)nc2n1Cc1ccc(F)cc1. The predicted molar refractivity (Wildman–Crippen MR) is 112 cm³/mol. The van der Waals surface area contributed by atoms with E-state index in [9.17, 15) is 18.4 Å². The van der Waals surface area contributed by atoms with Gasteiger partial charge in [0.1, 0.15) is 11.6 Å². The highest BCUT2D eigenvalue weighted by Gasteiger charge is 2.17. The minimum atomic E-state index is -0.441. The molecule has 5 rings (SSSR count). The number of benzene rings is 3. The average Bonchev–Trinajstić information content (AvgIpc) is 3.08. The summed E-state index contributed by atoms with van der Waals surface area (Å²) < 4.78 is 30.9. The summed E-state index contributed by atoms with van der Waals surface area (Å²) in [7, 11) is 0. The molecule has 0 unspecified atom stereocenters. The Kier molecular flexibility index (Phi) is 4.47. The zero-order valence-electron chi connectivity index (χ0n) is 16.2. The molecule has 5 aromatic rings. The van der Waals surface area contributed by atoms with Gasteiger partial charge in [-0.05, 0) is 47.5 Å². The van der Waals surface area contributed by atoms with Gasteiger partial charge in [0.15, 0.2) is 0 Å². The van der Waals surface area contributed by atoms with Crippen molar-refractivity contribution in [3.63, 3.8) is 0 Å². The van der Waals surface area contributed by atoms with Crippen LogP contribution in [-0.2, 0) is 13.1 Å². The number of nitrogens with zero attached hydrogens (tertiary/aromatic N) is 4. The first-order valence-corrected chi connectivity index (χ1v) is 9.61. The minimum Gasteiger partial charge on any atom is -0.272 e. The average molecular weight is 418 g/mol. The Morgan fingerprint density at radius 3 is 2.32 bits per heavy atom. The van der Waals surface area contributed by atoms with E-state index in [4.69, 9.17) is 0 Å². The standard InChI is InChI=1S/C23H16F2N4O2/c24-17-10-8-15(9-11-17)13-27-21(30)19-6-1-2-7-20(19)29-22(27)26-28(23(29)31)14-16-4-3-5-18(25)12-16/h1-12H,13-14H2. The molecule has 0 fully saturated rings. The maximum absolute atomic E-state index is 13.6. The second kappa shape index (κ2) is 7.32. The van der Waals surface area contributed by atoms with E-state index in [-0.39, 0.29) is 30.2 Å². The van der Waals surface area contributed by atoms with Crippen molar-refractivity contribution >= 4 is 16.7 Å². The Balaban J connectivity index is 1.75. The van der Waals surface area contributed by atoms with Crippen molar-refractivity contribution in [1.82, 2.24) is 18.7 Å². The van der Waals surface area contributed by atoms with E-state index in [1.807, 2.05) is 0 Å². The number of hydrogen-bond acceptors (Lipinski definition) is 3. The number of rotatable bonds is 4. The molecule has 6 nitrogen and oxygen atoms in total. The number of hydrogen-bond donors (Lipinski definition) is 0. The lowest BCUT2D eigenvalue weighted by Gasteiger charge is -2.09. The largest absolute Gasteiger partial charge is 0.352 e. The van der Waals surface area contributed by atoms with Gasteiger partial charge in [0.25, 0.3) is 5.56 Å². The number of aromatic nitrogens is 4. The molecule has 0 aliphatic rings. The molecule has 0 bridgehead atoms. The molecule has 0 amide bonds. The van der Waals surface area contributed by atoms with Gasteiger partial charge in [-0.15, -0.1) is 5.10 Å². The third kappa shape index (κ3) is 3.31. The smallest absolute Gasteiger partial charge is 0.272 e. The van der Waals surface area contributed by atoms with Gasteiger partial charge in [0.2, 0.25) is 5.78 Å². The Labute approximate surface area is 174 Å². The van der Waals surface area contributed by atoms with Crippen molar-refractivity contribution in [2.45, 2.75) is 13.1 Å². The van der Waals surface area contributed by atoms with Crippen LogP contribution in [0.3, 0.4) is 0 Å². The minimum absolute atomic E-state index is 0.0529. The summed E-state index contributed by atoms with van der Waals surface area (Å²) in [6, 6.07) is 18.5. The zero-order chi connectivity index (χ0) is 21.5. The monoisotopic (exact) mass is 418 g/mol. The molecule has 0 atom stereocenters. The van der Waals surface area contributed by atoms with E-state index >= 15 is 0 Å². The van der Waals surface area contributed by atoms with Crippen molar-refractivity contribution in [1.29, 1.82) is 0 Å². The maximum Gasteiger partial charge on any atom is 0.352 e. The van der Waals surface area contributed by atoms with E-state index in [2.05, 4.69) is 5.10 Å². The first-order chi connectivity index (χ1) is 15.0. The number of para-hydroxylation sites is 1. The Morgan fingerprint density at radius 2 is 1.55 bits per heavy atom. The van der Waals surface area contributed by atoms with E-state index < -0.39 is 11.5 Å². The molecule has 0 aliphatic carbocycles. The van der Waals surface area contributed by atoms with Crippen molar-refractivity contribution in [2.75, 3.05) is 0 Å². The number of halogens is 2. The first-order valence-electron chi connectivity index (χ1n) is 9.61. The highest BCUT2D eigenvalue weighted by molar-refractivity contribution is 5.80. The van der Waals surface area contributed by atoms with Gasteiger partial charge < -0.3 is 0 Å². The van der Waals surface area contributed by atoms with E-state index in [0.717, 1.165) is 0 Å². The highest BCUT2D eigenvalue weighted by atomic mass is 19.1. The second-order valence-corrected chi connectivity index (χ2v) is 7.24. The molecule has 0 saturated heterocycles. The summed E-state index contributed by atoms with van der Waals surface area (Å²) in [6.45, 7) is 0.168. The molecule has 0 saturated carbocycles. The topological polar surface area (TPSA) is 61.3 Å². The van der Waals surface area contributed by atoms with E-state index in [1.54, 1.807) is 48.5 Å². The van der Waals surface area contributed by atoms with E-state index in [0.29, 0.717) is 22.0 Å². The van der Waals surface area contributed by atoms with Gasteiger partial charge >= 0.3 is 5.69 Å². The van der Waals surface area contributed by atoms with Crippen LogP contribution in [0.15, 0.2) is 82.4 Å². The van der Waals surface area contributed by atoms with Crippen LogP contribution in [0.5, 0.6) is 0 Å². The normalized spacial score (nSPS) is 11.4. The predicted octanol–water partition coefficient (Wildman–Crippen LogP) is 3.19. The molecule has 3 aromatic carbocycles. The lowest BCUT2D eigenvalue weighted by molar-refractivity contribution is 0.615. The van der Waals surface area contributed by atoms with Crippen LogP contribution >= 0.6 is 0 Å². The van der Waals surface area contributed by atoms with Gasteiger partial charge in [-0.3, -0.25) is 9.36 Å². The third-order valence-electron chi connectivity index (χ3n) is 5.16. The van der Waals surface area contributed by atoms with Crippen molar-refractivity contribution in [3.05, 3.63) is 116 Å². The molecule has 154 valence electrons. The quantitative estimate of drug-likeness (QED) is 0.450. The Bertz CT molecular complexity index is 1550. The summed E-state index contributed by atoms with van der Waals surface area (Å²) in [5.41, 5.74) is 0.946. The van der Waals surface area contributed by atoms with Crippen LogP contribution in [0, 0.1) is 11.6 Å². The Morgan fingerprint density at radius 1 is 0.774 bits per heavy atom. The van der Waals surface area contributed by atoms with Gasteiger partial charge in [-0.2, -0.15) is 0 Å². The molecular formula is C23H16F2N4O2. The lowest BCUT2D eigenvalue weighted by Crippen LogP contribution is -2.27. The summed E-state index contributed by atoms with van der Waals surface area (Å²) in [5, 5.41) is 4.76. The van der Waals surface area contributed by atoms with Gasteiger partial charge in [-0.25, -0.2) is 22.7 Å². The van der Waals surface area contributed by atoms with Crippen molar-refractivity contribution in [2.24, 2.45) is 0 Å². The Hall–Kier alpha value is -4.07. The molecule has 0 radical (unpaired) electrons. The molecule has 2 heterocycles. The second-order valence-electron chi connectivity index (χ2n) is 7.24. The van der Waals surface area contributed by atoms with Crippen molar-refractivity contribution in [3.8, 4) is 0 Å². The third-order valence-corrected chi connectivity index (χ3v) is 5.16. The molecule has 31 heavy (non-hydrogen) atoms. The first kappa shape index (κ1) is 18.9. The molecule has 0 aliphatic heterocycles. The highest BCUT2D eigenvalue weighted by Crippen LogP contribution is 2.13. The fourth-order valence-electron chi connectivity index (χ4n) is 3.69. The summed E-state index contributed by atoms with van der Waals surface area (Å²) in [4.78, 5) is 26.4. The molecule has 0 spiro atoms. The molecule has 8 heteroatoms. The fourth-order valence-corrected chi connectivity index (χ4v) is 3.69. The van der Waals surface area contributed by atoms with Gasteiger partial charge in [0.05, 0.1) is 24.0 Å². The fraction of sp³-hybridized carbons (Fsp3) is 0.0870. The molecular weight excluding hydrogens is 402 g/mol. The van der Waals surface area contributed by atoms with Crippen LogP contribution < -0.4 is 11.2 Å². The maximum atomic E-state index is 13.6. The summed E-state index contributed by atoms with van der Waals surface area (Å²) in [6.07, 6.45) is 0. The molecule has 2 aromatic heterocycles. The summed E-state index contributed by atoms with van der Waals surface area (Å²) in [5.74, 6) is -0.627. The lowest BCUT2D eigenvalue weighted by atomic mass is 10.2. The van der Waals surface area contributed by atoms with Gasteiger partial charge in [-0.1, -0.05) is 36.4 Å². The summed E-state index contributed by atoms with van der Waals surface area (Å²) >= 11 is 0. The van der Waals surface area contributed by atoms with Crippen LogP contribution in [0.25, 0.3) is 16.7 Å². The zero-order valence-corrected chi connectivity index (χ0v) is 16.2. The van der Waals surface area contributed by atoms with Crippen LogP contribution in [0.4, 0.5) is 8.78 Å². The molecule has 0 N–H and O–H groups in total. The van der Waals surface area contributed by atoms with E-state index in [1.165, 1.54) is 37.9 Å². The van der Waals surface area contributed by atoms with Gasteiger partial charge in [0, 0.05) is 0 Å². The van der Waals surface area contributed by atoms with Crippen molar-refractivity contribution < 1.29 is 8.78 Å².